The highest BCUT2D eigenvalue weighted by molar-refractivity contribution is 7.91. The quantitative estimate of drug-likeness (QED) is 0.445. The van der Waals surface area contributed by atoms with Crippen LogP contribution >= 0.6 is 0 Å². The van der Waals surface area contributed by atoms with E-state index < -0.39 is 9.84 Å². The molecule has 0 radical (unpaired) electrons. The number of aromatic nitrogens is 1. The molecule has 0 spiro atoms. The topological polar surface area (TPSA) is 105 Å². The van der Waals surface area contributed by atoms with Gasteiger partial charge in [0.25, 0.3) is 0 Å². The second-order valence-electron chi connectivity index (χ2n) is 5.76. The van der Waals surface area contributed by atoms with Crippen molar-refractivity contribution in [1.29, 1.82) is 0 Å². The minimum absolute atomic E-state index is 0.0504. The van der Waals surface area contributed by atoms with Crippen molar-refractivity contribution < 1.29 is 13.2 Å². The maximum atomic E-state index is 11.8. The molecule has 1 aliphatic rings. The molecule has 1 aromatic rings. The second-order valence-corrected chi connectivity index (χ2v) is 7.99. The van der Waals surface area contributed by atoms with Crippen LogP contribution < -0.4 is 16.0 Å². The zero-order chi connectivity index (χ0) is 17.4. The Morgan fingerprint density at radius 2 is 1.96 bits per heavy atom. The Labute approximate surface area is 142 Å². The molecule has 1 aliphatic heterocycles. The van der Waals surface area contributed by atoms with E-state index in [1.807, 2.05) is 24.5 Å². The zero-order valence-electron chi connectivity index (χ0n) is 13.9. The Morgan fingerprint density at radius 3 is 2.58 bits per heavy atom. The summed E-state index contributed by atoms with van der Waals surface area (Å²) in [6.45, 7) is 1.99. The van der Waals surface area contributed by atoms with Crippen LogP contribution in [0.1, 0.15) is 12.8 Å². The molecule has 0 aromatic carbocycles. The number of nitrogens with one attached hydrogen (secondary N) is 3. The first kappa shape index (κ1) is 18.3. The van der Waals surface area contributed by atoms with Crippen molar-refractivity contribution in [2.45, 2.75) is 25.4 Å². The van der Waals surface area contributed by atoms with E-state index in [0.29, 0.717) is 18.9 Å². The molecular weight excluding hydrogens is 330 g/mol. The van der Waals surface area contributed by atoms with Crippen molar-refractivity contribution in [3.8, 4) is 0 Å². The molecule has 134 valence electrons. The molecule has 0 bridgehead atoms. The third-order valence-corrected chi connectivity index (χ3v) is 5.56. The van der Waals surface area contributed by atoms with Gasteiger partial charge in [0.05, 0.1) is 11.5 Å². The molecule has 0 saturated carbocycles. The minimum atomic E-state index is -2.97. The number of guanidine groups is 1. The summed E-state index contributed by atoms with van der Waals surface area (Å²) in [5, 5.41) is 9.01. The highest BCUT2D eigenvalue weighted by Crippen LogP contribution is 2.11. The van der Waals surface area contributed by atoms with Crippen LogP contribution in [0.3, 0.4) is 0 Å². The average molecular weight is 355 g/mol. The summed E-state index contributed by atoms with van der Waals surface area (Å²) in [6, 6.07) is 3.70. The molecule has 1 fully saturated rings. The van der Waals surface area contributed by atoms with Gasteiger partial charge in [-0.15, -0.1) is 0 Å². The summed E-state index contributed by atoms with van der Waals surface area (Å²) >= 11 is 0. The van der Waals surface area contributed by atoms with Gasteiger partial charge in [0.15, 0.2) is 15.8 Å². The van der Waals surface area contributed by atoms with Gasteiger partial charge in [-0.05, 0) is 18.6 Å². The summed E-state index contributed by atoms with van der Waals surface area (Å²) in [6.07, 6.45) is 4.76. The van der Waals surface area contributed by atoms with E-state index in [-0.39, 0.29) is 29.9 Å². The van der Waals surface area contributed by atoms with E-state index in [0.717, 1.165) is 13.1 Å². The van der Waals surface area contributed by atoms with Gasteiger partial charge in [0.1, 0.15) is 0 Å². The first-order chi connectivity index (χ1) is 11.5. The van der Waals surface area contributed by atoms with Crippen LogP contribution in [0.4, 0.5) is 0 Å². The maximum Gasteiger partial charge on any atom is 0.222 e. The molecule has 1 unspecified atom stereocenters. The van der Waals surface area contributed by atoms with Crippen molar-refractivity contribution in [3.05, 3.63) is 24.5 Å². The van der Waals surface area contributed by atoms with E-state index >= 15 is 0 Å². The minimum Gasteiger partial charge on any atom is -0.356 e. The fraction of sp³-hybridized carbons (Fsp3) is 0.600. The van der Waals surface area contributed by atoms with Gasteiger partial charge in [-0.1, -0.05) is 0 Å². The van der Waals surface area contributed by atoms with Gasteiger partial charge in [-0.2, -0.15) is 0 Å². The summed E-state index contributed by atoms with van der Waals surface area (Å²) < 4.78 is 24.8. The SMILES string of the molecule is CN=C(NCCC(=O)NC1CCS(=O)(=O)C1)NCCn1cccc1. The Balaban J connectivity index is 1.60. The number of aliphatic imine (C=N–C) groups is 1. The fourth-order valence-corrected chi connectivity index (χ4v) is 4.22. The predicted octanol–water partition coefficient (Wildman–Crippen LogP) is -0.653. The van der Waals surface area contributed by atoms with Crippen LogP contribution in [-0.4, -0.2) is 62.5 Å². The Kier molecular flexibility index (Phi) is 6.65. The molecule has 1 aromatic heterocycles. The number of hydrogen-bond acceptors (Lipinski definition) is 4. The lowest BCUT2D eigenvalue weighted by atomic mass is 10.2. The normalized spacial score (nSPS) is 19.9. The molecule has 3 N–H and O–H groups in total. The highest BCUT2D eigenvalue weighted by Gasteiger charge is 2.28. The van der Waals surface area contributed by atoms with Gasteiger partial charge < -0.3 is 20.5 Å². The van der Waals surface area contributed by atoms with Crippen LogP contribution in [0.5, 0.6) is 0 Å². The molecule has 8 nitrogen and oxygen atoms in total. The van der Waals surface area contributed by atoms with E-state index in [2.05, 4.69) is 25.5 Å². The van der Waals surface area contributed by atoms with Crippen molar-refractivity contribution in [1.82, 2.24) is 20.5 Å². The van der Waals surface area contributed by atoms with Crippen LogP contribution in [0, 0.1) is 0 Å². The van der Waals surface area contributed by atoms with Gasteiger partial charge in [-0.3, -0.25) is 9.79 Å². The smallest absolute Gasteiger partial charge is 0.222 e. The first-order valence-electron chi connectivity index (χ1n) is 8.03. The van der Waals surface area contributed by atoms with E-state index in [4.69, 9.17) is 0 Å². The standard InChI is InChI=1S/C15H25N5O3S/c1-16-15(18-7-10-20-8-2-3-9-20)17-6-4-14(21)19-13-5-11-24(22,23)12-13/h2-3,8-9,13H,4-7,10-12H2,1H3,(H,19,21)(H2,16,17,18). The lowest BCUT2D eigenvalue weighted by molar-refractivity contribution is -0.121. The molecule has 24 heavy (non-hydrogen) atoms. The van der Waals surface area contributed by atoms with Gasteiger partial charge >= 0.3 is 0 Å². The molecule has 2 heterocycles. The monoisotopic (exact) mass is 355 g/mol. The number of sulfone groups is 1. The number of nitrogens with zero attached hydrogens (tertiary/aromatic N) is 2. The summed E-state index contributed by atoms with van der Waals surface area (Å²) in [5.74, 6) is 0.703. The maximum absolute atomic E-state index is 11.8. The van der Waals surface area contributed by atoms with Crippen molar-refractivity contribution in [3.63, 3.8) is 0 Å². The largest absolute Gasteiger partial charge is 0.356 e. The second kappa shape index (κ2) is 8.72. The number of carbonyl (C=O) groups is 1. The lowest BCUT2D eigenvalue weighted by Gasteiger charge is -2.13. The van der Waals surface area contributed by atoms with Gasteiger partial charge in [0, 0.05) is 51.5 Å². The number of carbonyl (C=O) groups excluding carboxylic acids is 1. The van der Waals surface area contributed by atoms with Crippen molar-refractivity contribution >= 4 is 21.7 Å². The molecule has 2 rings (SSSR count). The molecule has 1 amide bonds. The summed E-state index contributed by atoms with van der Waals surface area (Å²) in [7, 11) is -1.29. The van der Waals surface area contributed by atoms with Crippen LogP contribution in [0.2, 0.25) is 0 Å². The van der Waals surface area contributed by atoms with E-state index in [1.54, 1.807) is 7.05 Å². The number of hydrogen-bond donors (Lipinski definition) is 3. The van der Waals surface area contributed by atoms with Gasteiger partial charge in [-0.25, -0.2) is 8.42 Å². The third-order valence-electron chi connectivity index (χ3n) is 3.79. The van der Waals surface area contributed by atoms with Crippen LogP contribution in [0.25, 0.3) is 0 Å². The molecule has 1 atom stereocenters. The first-order valence-corrected chi connectivity index (χ1v) is 9.86. The van der Waals surface area contributed by atoms with E-state index in [1.165, 1.54) is 0 Å². The zero-order valence-corrected chi connectivity index (χ0v) is 14.7. The summed E-state index contributed by atoms with van der Waals surface area (Å²) in [5.41, 5.74) is 0. The third kappa shape index (κ3) is 6.23. The van der Waals surface area contributed by atoms with Gasteiger partial charge in [0.2, 0.25) is 5.91 Å². The molecule has 9 heteroatoms. The van der Waals surface area contributed by atoms with Crippen molar-refractivity contribution in [2.24, 2.45) is 4.99 Å². The number of amides is 1. The Morgan fingerprint density at radius 1 is 1.25 bits per heavy atom. The average Bonchev–Trinajstić information content (AvgIpc) is 3.15. The van der Waals surface area contributed by atoms with E-state index in [9.17, 15) is 13.2 Å². The molecule has 1 saturated heterocycles. The Hall–Kier alpha value is -2.03. The predicted molar refractivity (Wildman–Crippen MR) is 93.6 cm³/mol. The van der Waals surface area contributed by atoms with Crippen molar-refractivity contribution in [2.75, 3.05) is 31.6 Å². The summed E-state index contributed by atoms with van der Waals surface area (Å²) in [4.78, 5) is 15.9. The Bertz CT molecular complexity index is 655. The molecular formula is C15H25N5O3S. The highest BCUT2D eigenvalue weighted by atomic mass is 32.2. The number of rotatable bonds is 7. The fourth-order valence-electron chi connectivity index (χ4n) is 2.55. The van der Waals surface area contributed by atoms with Crippen LogP contribution in [0.15, 0.2) is 29.5 Å². The van der Waals surface area contributed by atoms with Crippen LogP contribution in [-0.2, 0) is 21.2 Å². The lowest BCUT2D eigenvalue weighted by Crippen LogP contribution is -2.41. The molecule has 0 aliphatic carbocycles.